The molecule has 2 rings (SSSR count). The molecule has 1 amide bonds. The molecule has 1 aromatic rings. The molecule has 0 radical (unpaired) electrons. The number of nitrogens with zero attached hydrogens (tertiary/aromatic N) is 2. The van der Waals surface area contributed by atoms with Gasteiger partial charge in [-0.05, 0) is 12.8 Å². The van der Waals surface area contributed by atoms with E-state index in [-0.39, 0.29) is 11.3 Å². The summed E-state index contributed by atoms with van der Waals surface area (Å²) in [6, 6.07) is 1.21. The number of amides is 1. The van der Waals surface area contributed by atoms with E-state index in [4.69, 9.17) is 5.73 Å². The summed E-state index contributed by atoms with van der Waals surface area (Å²) in [6.07, 6.45) is 2.75. The number of primary amides is 1. The molecule has 14 heavy (non-hydrogen) atoms. The minimum Gasteiger partial charge on any atom is -0.364 e. The van der Waals surface area contributed by atoms with Crippen molar-refractivity contribution in [1.82, 2.24) is 9.55 Å². The highest BCUT2D eigenvalue weighted by Crippen LogP contribution is 2.09. The van der Waals surface area contributed by atoms with Gasteiger partial charge in [0.1, 0.15) is 11.5 Å². The number of fused-ring (bicyclic) bond motifs is 1. The maximum atomic E-state index is 11.5. The third kappa shape index (κ3) is 1.41. The second-order valence-corrected chi connectivity index (χ2v) is 3.37. The first-order valence-corrected chi connectivity index (χ1v) is 4.59. The van der Waals surface area contributed by atoms with E-state index >= 15 is 0 Å². The maximum absolute atomic E-state index is 11.5. The Bertz CT molecular complexity index is 436. The summed E-state index contributed by atoms with van der Waals surface area (Å²) < 4.78 is 1.61. The molecule has 0 atom stereocenters. The van der Waals surface area contributed by atoms with Gasteiger partial charge in [0.25, 0.3) is 11.5 Å². The zero-order valence-electron chi connectivity index (χ0n) is 7.69. The maximum Gasteiger partial charge on any atom is 0.267 e. The second-order valence-electron chi connectivity index (χ2n) is 3.37. The lowest BCUT2D eigenvalue weighted by Crippen LogP contribution is -2.30. The SMILES string of the molecule is NC(=O)c1cc(=O)n2c(n1)CCCC2. The molecule has 1 aliphatic rings. The van der Waals surface area contributed by atoms with Gasteiger partial charge in [-0.1, -0.05) is 0 Å². The Morgan fingerprint density at radius 1 is 1.50 bits per heavy atom. The Kier molecular flexibility index (Phi) is 2.07. The molecular weight excluding hydrogens is 182 g/mol. The molecule has 5 nitrogen and oxygen atoms in total. The minimum absolute atomic E-state index is 0.0724. The predicted octanol–water partition coefficient (Wildman–Crippen LogP) is -0.322. The van der Waals surface area contributed by atoms with E-state index in [0.29, 0.717) is 12.4 Å². The van der Waals surface area contributed by atoms with Crippen LogP contribution in [0.2, 0.25) is 0 Å². The van der Waals surface area contributed by atoms with Crippen LogP contribution in [0.25, 0.3) is 0 Å². The molecular formula is C9H11N3O2. The molecule has 2 heterocycles. The van der Waals surface area contributed by atoms with Crippen LogP contribution in [-0.4, -0.2) is 15.5 Å². The number of carbonyl (C=O) groups is 1. The molecule has 5 heteroatoms. The second kappa shape index (κ2) is 3.25. The average Bonchev–Trinajstić information content (AvgIpc) is 2.17. The monoisotopic (exact) mass is 193 g/mol. The van der Waals surface area contributed by atoms with Crippen LogP contribution in [0.1, 0.15) is 29.2 Å². The molecule has 2 N–H and O–H groups in total. The van der Waals surface area contributed by atoms with Crippen molar-refractivity contribution >= 4 is 5.91 Å². The van der Waals surface area contributed by atoms with Crippen LogP contribution in [0.15, 0.2) is 10.9 Å². The van der Waals surface area contributed by atoms with Gasteiger partial charge in [0.15, 0.2) is 0 Å². The van der Waals surface area contributed by atoms with Gasteiger partial charge in [0.2, 0.25) is 0 Å². The minimum atomic E-state index is -0.643. The first-order valence-electron chi connectivity index (χ1n) is 4.59. The summed E-state index contributed by atoms with van der Waals surface area (Å²) in [5, 5.41) is 0. The fourth-order valence-corrected chi connectivity index (χ4v) is 1.66. The first-order chi connectivity index (χ1) is 6.68. The summed E-state index contributed by atoms with van der Waals surface area (Å²) in [4.78, 5) is 26.4. The van der Waals surface area contributed by atoms with Crippen LogP contribution in [0.4, 0.5) is 0 Å². The largest absolute Gasteiger partial charge is 0.364 e. The van der Waals surface area contributed by atoms with Crippen LogP contribution in [0.3, 0.4) is 0 Å². The van der Waals surface area contributed by atoms with Crippen molar-refractivity contribution in [2.75, 3.05) is 0 Å². The Hall–Kier alpha value is -1.65. The lowest BCUT2D eigenvalue weighted by Gasteiger charge is -2.16. The third-order valence-electron chi connectivity index (χ3n) is 2.37. The van der Waals surface area contributed by atoms with Crippen molar-refractivity contribution in [3.63, 3.8) is 0 Å². The molecule has 0 spiro atoms. The molecule has 1 aromatic heterocycles. The Labute approximate surface area is 80.6 Å². The number of hydrogen-bond acceptors (Lipinski definition) is 3. The summed E-state index contributed by atoms with van der Waals surface area (Å²) in [5.74, 6) is 0.0358. The van der Waals surface area contributed by atoms with Crippen LogP contribution < -0.4 is 11.3 Å². The van der Waals surface area contributed by atoms with Crippen LogP contribution in [0.5, 0.6) is 0 Å². The molecule has 0 unspecified atom stereocenters. The van der Waals surface area contributed by atoms with Crippen LogP contribution in [-0.2, 0) is 13.0 Å². The topological polar surface area (TPSA) is 78.0 Å². The van der Waals surface area contributed by atoms with Crippen molar-refractivity contribution in [1.29, 1.82) is 0 Å². The van der Waals surface area contributed by atoms with Crippen molar-refractivity contribution in [2.24, 2.45) is 5.73 Å². The number of nitrogens with two attached hydrogens (primary N) is 1. The number of rotatable bonds is 1. The summed E-state index contributed by atoms with van der Waals surface area (Å²) in [5.41, 5.74) is 4.96. The zero-order valence-corrected chi connectivity index (χ0v) is 7.69. The standard InChI is InChI=1S/C9H11N3O2/c10-9(14)6-5-8(13)12-4-2-1-3-7(12)11-6/h5H,1-4H2,(H2,10,14). The van der Waals surface area contributed by atoms with E-state index in [1.165, 1.54) is 6.07 Å². The molecule has 0 aliphatic carbocycles. The van der Waals surface area contributed by atoms with E-state index in [9.17, 15) is 9.59 Å². The van der Waals surface area contributed by atoms with Gasteiger partial charge in [0.05, 0.1) is 0 Å². The van der Waals surface area contributed by atoms with E-state index in [2.05, 4.69) is 4.98 Å². The molecule has 0 bridgehead atoms. The number of hydrogen-bond donors (Lipinski definition) is 1. The normalized spacial score (nSPS) is 14.9. The fraction of sp³-hybridized carbons (Fsp3) is 0.444. The molecule has 0 saturated carbocycles. The highest BCUT2D eigenvalue weighted by atomic mass is 16.1. The summed E-state index contributed by atoms with van der Waals surface area (Å²) in [7, 11) is 0. The van der Waals surface area contributed by atoms with Gasteiger partial charge in [-0.25, -0.2) is 4.98 Å². The van der Waals surface area contributed by atoms with E-state index in [0.717, 1.165) is 19.3 Å². The molecule has 1 aliphatic heterocycles. The lowest BCUT2D eigenvalue weighted by molar-refractivity contribution is 0.0994. The Morgan fingerprint density at radius 2 is 2.29 bits per heavy atom. The van der Waals surface area contributed by atoms with Crippen molar-refractivity contribution in [3.8, 4) is 0 Å². The van der Waals surface area contributed by atoms with Gasteiger partial charge in [-0.15, -0.1) is 0 Å². The van der Waals surface area contributed by atoms with Gasteiger partial charge in [-0.2, -0.15) is 0 Å². The highest BCUT2D eigenvalue weighted by Gasteiger charge is 2.14. The number of aryl methyl sites for hydroxylation is 1. The lowest BCUT2D eigenvalue weighted by atomic mass is 10.1. The molecule has 0 saturated heterocycles. The van der Waals surface area contributed by atoms with Crippen LogP contribution >= 0.6 is 0 Å². The molecule has 74 valence electrons. The van der Waals surface area contributed by atoms with E-state index in [1.54, 1.807) is 4.57 Å². The highest BCUT2D eigenvalue weighted by molar-refractivity contribution is 5.90. The molecule has 0 aromatic carbocycles. The summed E-state index contributed by atoms with van der Waals surface area (Å²) in [6.45, 7) is 0.695. The molecule has 0 fully saturated rings. The fourth-order valence-electron chi connectivity index (χ4n) is 1.66. The van der Waals surface area contributed by atoms with Crippen LogP contribution in [0, 0.1) is 0 Å². The smallest absolute Gasteiger partial charge is 0.267 e. The predicted molar refractivity (Wildman–Crippen MR) is 50.0 cm³/mol. The number of carbonyl (C=O) groups excluding carboxylic acids is 1. The quantitative estimate of drug-likeness (QED) is 0.663. The number of aromatic nitrogens is 2. The Morgan fingerprint density at radius 3 is 3.00 bits per heavy atom. The van der Waals surface area contributed by atoms with E-state index < -0.39 is 5.91 Å². The van der Waals surface area contributed by atoms with Gasteiger partial charge >= 0.3 is 0 Å². The van der Waals surface area contributed by atoms with Gasteiger partial charge < -0.3 is 5.73 Å². The third-order valence-corrected chi connectivity index (χ3v) is 2.37. The van der Waals surface area contributed by atoms with Gasteiger partial charge in [0, 0.05) is 19.0 Å². The van der Waals surface area contributed by atoms with Crippen molar-refractivity contribution in [2.45, 2.75) is 25.8 Å². The van der Waals surface area contributed by atoms with Crippen molar-refractivity contribution < 1.29 is 4.79 Å². The van der Waals surface area contributed by atoms with Crippen molar-refractivity contribution in [3.05, 3.63) is 27.9 Å². The van der Waals surface area contributed by atoms with Gasteiger partial charge in [-0.3, -0.25) is 14.2 Å². The average molecular weight is 193 g/mol. The van der Waals surface area contributed by atoms with E-state index in [1.807, 2.05) is 0 Å². The zero-order chi connectivity index (χ0) is 10.1. The Balaban J connectivity index is 2.57. The summed E-state index contributed by atoms with van der Waals surface area (Å²) >= 11 is 0. The first kappa shape index (κ1) is 8.93.